The summed E-state index contributed by atoms with van der Waals surface area (Å²) in [6, 6.07) is 2.08. The maximum atomic E-state index is 5.41. The van der Waals surface area contributed by atoms with Gasteiger partial charge >= 0.3 is 0 Å². The Bertz CT molecular complexity index is 418. The maximum absolute atomic E-state index is 5.41. The number of aryl methyl sites for hydroxylation is 1. The van der Waals surface area contributed by atoms with Gasteiger partial charge in [-0.05, 0) is 53.2 Å². The lowest BCUT2D eigenvalue weighted by atomic mass is 10.2. The first kappa shape index (κ1) is 11.5. The fraction of sp³-hybridized carbons (Fsp3) is 0.462. The fourth-order valence-corrected chi connectivity index (χ4v) is 2.26. The lowest BCUT2D eigenvalue weighted by Crippen LogP contribution is -2.27. The summed E-state index contributed by atoms with van der Waals surface area (Å²) in [7, 11) is 0. The summed E-state index contributed by atoms with van der Waals surface area (Å²) in [5.41, 5.74) is 1.17. The molecule has 0 aliphatic heterocycles. The van der Waals surface area contributed by atoms with Crippen molar-refractivity contribution in [1.29, 1.82) is 0 Å². The first-order valence-corrected chi connectivity index (χ1v) is 6.30. The first-order chi connectivity index (χ1) is 7.70. The van der Waals surface area contributed by atoms with Crippen LogP contribution in [0, 0.1) is 25.2 Å². The van der Waals surface area contributed by atoms with Gasteiger partial charge in [0, 0.05) is 17.2 Å². The van der Waals surface area contributed by atoms with Gasteiger partial charge in [-0.25, -0.2) is 4.98 Å². The van der Waals surface area contributed by atoms with Gasteiger partial charge < -0.3 is 4.90 Å². The Morgan fingerprint density at radius 3 is 2.94 bits per heavy atom. The van der Waals surface area contributed by atoms with E-state index in [2.05, 4.69) is 44.7 Å². The average molecular weight is 279 g/mol. The zero-order valence-electron chi connectivity index (χ0n) is 9.41. The van der Waals surface area contributed by atoms with Gasteiger partial charge in [0.05, 0.1) is 6.54 Å². The van der Waals surface area contributed by atoms with Crippen LogP contribution >= 0.6 is 15.9 Å². The second kappa shape index (κ2) is 4.88. The average Bonchev–Trinajstić information content (AvgIpc) is 3.01. The van der Waals surface area contributed by atoms with Gasteiger partial charge in [-0.1, -0.05) is 5.92 Å². The topological polar surface area (TPSA) is 16.1 Å². The van der Waals surface area contributed by atoms with Crippen LogP contribution in [0.5, 0.6) is 0 Å². The van der Waals surface area contributed by atoms with E-state index in [4.69, 9.17) is 6.42 Å². The van der Waals surface area contributed by atoms with Crippen LogP contribution in [0.15, 0.2) is 16.7 Å². The molecule has 1 aliphatic carbocycles. The molecule has 1 aliphatic rings. The number of aromatic nitrogens is 1. The van der Waals surface area contributed by atoms with Gasteiger partial charge in [0.25, 0.3) is 0 Å². The summed E-state index contributed by atoms with van der Waals surface area (Å²) in [6.45, 7) is 3.76. The molecule has 2 rings (SSSR count). The van der Waals surface area contributed by atoms with Crippen molar-refractivity contribution in [3.63, 3.8) is 0 Å². The minimum atomic E-state index is 0.645. The molecule has 0 aromatic carbocycles. The molecule has 3 heteroatoms. The van der Waals surface area contributed by atoms with Crippen LogP contribution in [0.1, 0.15) is 18.4 Å². The Labute approximate surface area is 105 Å². The van der Waals surface area contributed by atoms with Crippen molar-refractivity contribution in [3.8, 4) is 12.3 Å². The van der Waals surface area contributed by atoms with Crippen LogP contribution in [0.3, 0.4) is 0 Å². The fourth-order valence-electron chi connectivity index (χ4n) is 1.81. The van der Waals surface area contributed by atoms with Crippen molar-refractivity contribution < 1.29 is 0 Å². The number of terminal acetylenes is 1. The van der Waals surface area contributed by atoms with Crippen molar-refractivity contribution >= 4 is 21.7 Å². The van der Waals surface area contributed by atoms with Crippen LogP contribution in [0.4, 0.5) is 5.82 Å². The predicted molar refractivity (Wildman–Crippen MR) is 70.4 cm³/mol. The number of hydrogen-bond acceptors (Lipinski definition) is 2. The van der Waals surface area contributed by atoms with E-state index in [1.165, 1.54) is 18.4 Å². The van der Waals surface area contributed by atoms with Crippen LogP contribution in [0.2, 0.25) is 0 Å². The van der Waals surface area contributed by atoms with E-state index >= 15 is 0 Å². The van der Waals surface area contributed by atoms with Crippen molar-refractivity contribution in [1.82, 2.24) is 4.98 Å². The number of halogens is 1. The third-order valence-electron chi connectivity index (χ3n) is 2.77. The Morgan fingerprint density at radius 1 is 1.62 bits per heavy atom. The highest BCUT2D eigenvalue weighted by Crippen LogP contribution is 2.31. The van der Waals surface area contributed by atoms with Gasteiger partial charge in [0.1, 0.15) is 5.82 Å². The summed E-state index contributed by atoms with van der Waals surface area (Å²) in [5, 5.41) is 0. The van der Waals surface area contributed by atoms with Crippen LogP contribution < -0.4 is 4.90 Å². The molecule has 84 valence electrons. The van der Waals surface area contributed by atoms with E-state index in [-0.39, 0.29) is 0 Å². The van der Waals surface area contributed by atoms with Crippen LogP contribution in [-0.2, 0) is 0 Å². The van der Waals surface area contributed by atoms with Gasteiger partial charge in [0.15, 0.2) is 0 Å². The number of nitrogens with zero attached hydrogens (tertiary/aromatic N) is 2. The quantitative estimate of drug-likeness (QED) is 0.788. The highest BCUT2D eigenvalue weighted by atomic mass is 79.9. The Morgan fingerprint density at radius 2 is 2.38 bits per heavy atom. The highest BCUT2D eigenvalue weighted by Gasteiger charge is 2.25. The van der Waals surface area contributed by atoms with E-state index in [0.717, 1.165) is 22.8 Å². The van der Waals surface area contributed by atoms with Crippen molar-refractivity contribution in [2.75, 3.05) is 18.0 Å². The molecule has 0 radical (unpaired) electrons. The molecule has 2 nitrogen and oxygen atoms in total. The number of anilines is 1. The molecule has 0 amide bonds. The third-order valence-corrected chi connectivity index (χ3v) is 3.21. The van der Waals surface area contributed by atoms with Crippen molar-refractivity contribution in [2.24, 2.45) is 5.92 Å². The van der Waals surface area contributed by atoms with Gasteiger partial charge in [-0.3, -0.25) is 0 Å². The van der Waals surface area contributed by atoms with Gasteiger partial charge in [0.2, 0.25) is 0 Å². The summed E-state index contributed by atoms with van der Waals surface area (Å²) in [4.78, 5) is 6.67. The number of pyridine rings is 1. The smallest absolute Gasteiger partial charge is 0.132 e. The highest BCUT2D eigenvalue weighted by molar-refractivity contribution is 9.10. The van der Waals surface area contributed by atoms with E-state index in [1.54, 1.807) is 0 Å². The van der Waals surface area contributed by atoms with Crippen LogP contribution in [0.25, 0.3) is 0 Å². The third kappa shape index (κ3) is 2.76. The zero-order chi connectivity index (χ0) is 11.5. The monoisotopic (exact) mass is 278 g/mol. The Balaban J connectivity index is 2.19. The molecule has 0 N–H and O–H groups in total. The minimum Gasteiger partial charge on any atom is -0.345 e. The minimum absolute atomic E-state index is 0.645. The molecular weight excluding hydrogens is 264 g/mol. The molecule has 16 heavy (non-hydrogen) atoms. The predicted octanol–water partition coefficient (Wildman–Crippen LogP) is 3.00. The largest absolute Gasteiger partial charge is 0.345 e. The lowest BCUT2D eigenvalue weighted by molar-refractivity contribution is 0.752. The van der Waals surface area contributed by atoms with Gasteiger partial charge in [-0.2, -0.15) is 0 Å². The zero-order valence-corrected chi connectivity index (χ0v) is 11.0. The number of hydrogen-bond donors (Lipinski definition) is 0. The molecule has 1 aromatic heterocycles. The van der Waals surface area contributed by atoms with E-state index in [0.29, 0.717) is 6.54 Å². The SMILES string of the molecule is C#CCN(CC1CC1)c1ncc(Br)cc1C. The Hall–Kier alpha value is -1.01. The van der Waals surface area contributed by atoms with Crippen molar-refractivity contribution in [3.05, 3.63) is 22.3 Å². The maximum Gasteiger partial charge on any atom is 0.132 e. The Kier molecular flexibility index (Phi) is 3.50. The van der Waals surface area contributed by atoms with Crippen LogP contribution in [-0.4, -0.2) is 18.1 Å². The second-order valence-electron chi connectivity index (χ2n) is 4.32. The molecule has 0 unspecified atom stereocenters. The van der Waals surface area contributed by atoms with E-state index in [9.17, 15) is 0 Å². The molecule has 1 saturated carbocycles. The summed E-state index contributed by atoms with van der Waals surface area (Å²) < 4.78 is 1.01. The number of rotatable bonds is 4. The summed E-state index contributed by atoms with van der Waals surface area (Å²) >= 11 is 3.43. The van der Waals surface area contributed by atoms with Gasteiger partial charge in [-0.15, -0.1) is 6.42 Å². The normalized spacial score (nSPS) is 14.6. The van der Waals surface area contributed by atoms with E-state index < -0.39 is 0 Å². The summed E-state index contributed by atoms with van der Waals surface area (Å²) in [5.74, 6) is 4.55. The lowest BCUT2D eigenvalue weighted by Gasteiger charge is -2.22. The molecule has 1 heterocycles. The molecule has 0 saturated heterocycles. The first-order valence-electron chi connectivity index (χ1n) is 5.51. The molecule has 1 fully saturated rings. The van der Waals surface area contributed by atoms with Crippen molar-refractivity contribution in [2.45, 2.75) is 19.8 Å². The molecule has 0 atom stereocenters. The van der Waals surface area contributed by atoms with E-state index in [1.807, 2.05) is 6.20 Å². The molecule has 1 aromatic rings. The molecule has 0 bridgehead atoms. The molecule has 0 spiro atoms. The second-order valence-corrected chi connectivity index (χ2v) is 5.24. The standard InChI is InChI=1S/C13H15BrN2/c1-3-6-16(9-11-4-5-11)13-10(2)7-12(14)8-15-13/h1,7-8,11H,4-6,9H2,2H3. The molecular formula is C13H15BrN2. The summed E-state index contributed by atoms with van der Waals surface area (Å²) in [6.07, 6.45) is 9.91.